The van der Waals surface area contributed by atoms with Crippen LogP contribution in [0, 0.1) is 11.3 Å². The van der Waals surface area contributed by atoms with E-state index < -0.39 is 5.60 Å². The van der Waals surface area contributed by atoms with Crippen molar-refractivity contribution in [3.63, 3.8) is 0 Å². The monoisotopic (exact) mass is 551 g/mol. The standard InChI is InChI=1S/C33H37N5O3/c1-4-6-11-30-28(20-24-12-13-29(35-22-24)27-10-8-7-9-25(27)21-34)32(40)37(31-16-19-36-38(30)31)26-14-17-33(5-2,18-15-26)41-23(3)39/h7-10,12-13,16,19,22,26H,4-6,11,14-15,17-18,20H2,1-3H3. The van der Waals surface area contributed by atoms with Crippen molar-refractivity contribution in [3.05, 3.63) is 87.6 Å². The molecule has 0 bridgehead atoms. The van der Waals surface area contributed by atoms with Gasteiger partial charge in [0.25, 0.3) is 5.56 Å². The summed E-state index contributed by atoms with van der Waals surface area (Å²) in [6.07, 6.45) is 10.5. The quantitative estimate of drug-likeness (QED) is 0.230. The number of hydrogen-bond acceptors (Lipinski definition) is 6. The minimum Gasteiger partial charge on any atom is -0.459 e. The van der Waals surface area contributed by atoms with E-state index in [1.807, 2.05) is 45.5 Å². The Morgan fingerprint density at radius 1 is 1.15 bits per heavy atom. The van der Waals surface area contributed by atoms with Crippen molar-refractivity contribution in [1.82, 2.24) is 19.2 Å². The first-order valence-corrected chi connectivity index (χ1v) is 14.6. The van der Waals surface area contributed by atoms with Crippen molar-refractivity contribution >= 4 is 11.6 Å². The van der Waals surface area contributed by atoms with Crippen LogP contribution in [0.25, 0.3) is 16.9 Å². The molecule has 3 aromatic heterocycles. The smallest absolute Gasteiger partial charge is 0.303 e. The molecule has 3 heterocycles. The SMILES string of the molecule is CCCCc1c(Cc2ccc(-c3ccccc3C#N)nc2)c(=O)n(C2CCC(CC)(OC(C)=O)CC2)c2ccnn12. The summed E-state index contributed by atoms with van der Waals surface area (Å²) in [5.74, 6) is -0.251. The van der Waals surface area contributed by atoms with E-state index in [0.29, 0.717) is 12.0 Å². The number of pyridine rings is 1. The molecule has 8 heteroatoms. The minimum atomic E-state index is -0.454. The summed E-state index contributed by atoms with van der Waals surface area (Å²) < 4.78 is 9.64. The van der Waals surface area contributed by atoms with Crippen LogP contribution in [0.15, 0.2) is 59.7 Å². The van der Waals surface area contributed by atoms with Crippen LogP contribution in [0.2, 0.25) is 0 Å². The molecule has 5 rings (SSSR count). The fourth-order valence-corrected chi connectivity index (χ4v) is 6.23. The van der Waals surface area contributed by atoms with Gasteiger partial charge in [-0.3, -0.25) is 19.1 Å². The van der Waals surface area contributed by atoms with Gasteiger partial charge in [0.05, 0.1) is 29.2 Å². The molecule has 0 saturated heterocycles. The zero-order valence-electron chi connectivity index (χ0n) is 24.1. The van der Waals surface area contributed by atoms with Crippen LogP contribution in [0.3, 0.4) is 0 Å². The molecule has 0 spiro atoms. The number of carbonyl (C=O) groups is 1. The maximum atomic E-state index is 14.3. The van der Waals surface area contributed by atoms with E-state index in [1.54, 1.807) is 18.5 Å². The molecule has 0 unspecified atom stereocenters. The second-order valence-electron chi connectivity index (χ2n) is 11.1. The highest BCUT2D eigenvalue weighted by Crippen LogP contribution is 2.40. The number of nitriles is 1. The lowest BCUT2D eigenvalue weighted by molar-refractivity contribution is -0.161. The zero-order valence-corrected chi connectivity index (χ0v) is 24.1. The van der Waals surface area contributed by atoms with Crippen molar-refractivity contribution in [2.24, 2.45) is 0 Å². The number of benzene rings is 1. The van der Waals surface area contributed by atoms with Gasteiger partial charge in [-0.05, 0) is 62.6 Å². The summed E-state index contributed by atoms with van der Waals surface area (Å²) in [6.45, 7) is 5.67. The molecule has 0 N–H and O–H groups in total. The van der Waals surface area contributed by atoms with Gasteiger partial charge in [-0.2, -0.15) is 10.4 Å². The van der Waals surface area contributed by atoms with Crippen LogP contribution < -0.4 is 5.56 Å². The number of aromatic nitrogens is 4. The van der Waals surface area contributed by atoms with Gasteiger partial charge in [0.1, 0.15) is 11.2 Å². The van der Waals surface area contributed by atoms with Crippen molar-refractivity contribution in [3.8, 4) is 17.3 Å². The molecule has 1 aromatic carbocycles. The van der Waals surface area contributed by atoms with Crippen LogP contribution in [0.4, 0.5) is 0 Å². The molecule has 0 atom stereocenters. The van der Waals surface area contributed by atoms with Crippen LogP contribution in [-0.4, -0.2) is 30.7 Å². The number of carbonyl (C=O) groups excluding carboxylic acids is 1. The first-order valence-electron chi connectivity index (χ1n) is 14.6. The molecular formula is C33H37N5O3. The molecule has 1 fully saturated rings. The average molecular weight is 552 g/mol. The minimum absolute atomic E-state index is 0.00103. The van der Waals surface area contributed by atoms with Gasteiger partial charge in [-0.15, -0.1) is 0 Å². The van der Waals surface area contributed by atoms with Gasteiger partial charge in [-0.25, -0.2) is 4.52 Å². The second kappa shape index (κ2) is 12.1. The largest absolute Gasteiger partial charge is 0.459 e. The van der Waals surface area contributed by atoms with Gasteiger partial charge in [0.15, 0.2) is 0 Å². The highest BCUT2D eigenvalue weighted by molar-refractivity contribution is 5.67. The molecule has 8 nitrogen and oxygen atoms in total. The third-order valence-corrected chi connectivity index (χ3v) is 8.48. The fraction of sp³-hybridized carbons (Fsp3) is 0.424. The second-order valence-corrected chi connectivity index (χ2v) is 11.1. The lowest BCUT2D eigenvalue weighted by Gasteiger charge is -2.39. The fourth-order valence-electron chi connectivity index (χ4n) is 6.23. The summed E-state index contributed by atoms with van der Waals surface area (Å²) in [7, 11) is 0. The number of aryl methyl sites for hydroxylation is 1. The van der Waals surface area contributed by atoms with Crippen LogP contribution in [-0.2, 0) is 22.4 Å². The van der Waals surface area contributed by atoms with Gasteiger partial charge in [0.2, 0.25) is 0 Å². The Kier molecular flexibility index (Phi) is 8.34. The molecule has 41 heavy (non-hydrogen) atoms. The Hall–Kier alpha value is -4.25. The summed E-state index contributed by atoms with van der Waals surface area (Å²) in [5.41, 5.74) is 5.10. The van der Waals surface area contributed by atoms with Crippen LogP contribution >= 0.6 is 0 Å². The highest BCUT2D eigenvalue weighted by Gasteiger charge is 2.38. The molecule has 0 amide bonds. The number of nitrogens with zero attached hydrogens (tertiary/aromatic N) is 5. The van der Waals surface area contributed by atoms with E-state index in [4.69, 9.17) is 4.74 Å². The Morgan fingerprint density at radius 2 is 1.93 bits per heavy atom. The summed E-state index contributed by atoms with van der Waals surface area (Å²) >= 11 is 0. The molecular weight excluding hydrogens is 514 g/mol. The molecule has 1 aliphatic carbocycles. The predicted octanol–water partition coefficient (Wildman–Crippen LogP) is 6.19. The Labute approximate surface area is 240 Å². The van der Waals surface area contributed by atoms with Gasteiger partial charge in [0, 0.05) is 42.8 Å². The maximum Gasteiger partial charge on any atom is 0.303 e. The average Bonchev–Trinajstić information content (AvgIpc) is 3.47. The summed E-state index contributed by atoms with van der Waals surface area (Å²) in [5, 5.41) is 14.2. The molecule has 0 aliphatic heterocycles. The van der Waals surface area contributed by atoms with Gasteiger partial charge in [-0.1, -0.05) is 44.5 Å². The number of fused-ring (bicyclic) bond motifs is 1. The lowest BCUT2D eigenvalue weighted by atomic mass is 9.80. The predicted molar refractivity (Wildman–Crippen MR) is 158 cm³/mol. The van der Waals surface area contributed by atoms with E-state index in [9.17, 15) is 14.9 Å². The van der Waals surface area contributed by atoms with Crippen molar-refractivity contribution in [1.29, 1.82) is 5.26 Å². The van der Waals surface area contributed by atoms with E-state index in [1.165, 1.54) is 6.92 Å². The van der Waals surface area contributed by atoms with E-state index in [0.717, 1.165) is 85.1 Å². The Bertz CT molecular complexity index is 1640. The van der Waals surface area contributed by atoms with Crippen molar-refractivity contribution in [2.45, 2.75) is 90.2 Å². The third-order valence-electron chi connectivity index (χ3n) is 8.48. The number of hydrogen-bond donors (Lipinski definition) is 0. The van der Waals surface area contributed by atoms with Crippen molar-refractivity contribution < 1.29 is 9.53 Å². The molecule has 4 aromatic rings. The van der Waals surface area contributed by atoms with Crippen molar-refractivity contribution in [2.75, 3.05) is 0 Å². The number of esters is 1. The molecule has 0 radical (unpaired) electrons. The van der Waals surface area contributed by atoms with Gasteiger partial charge < -0.3 is 4.74 Å². The van der Waals surface area contributed by atoms with E-state index in [2.05, 4.69) is 30.0 Å². The Balaban J connectivity index is 1.52. The zero-order chi connectivity index (χ0) is 29.0. The first-order chi connectivity index (χ1) is 19.9. The number of ether oxygens (including phenoxy) is 1. The van der Waals surface area contributed by atoms with Crippen LogP contribution in [0.5, 0.6) is 0 Å². The molecule has 1 aliphatic rings. The number of rotatable bonds is 9. The topological polar surface area (TPSA) is 102 Å². The van der Waals surface area contributed by atoms with Crippen LogP contribution in [0.1, 0.15) is 94.1 Å². The first kappa shape index (κ1) is 28.3. The van der Waals surface area contributed by atoms with Gasteiger partial charge >= 0.3 is 5.97 Å². The molecule has 1 saturated carbocycles. The number of unbranched alkanes of at least 4 members (excludes halogenated alkanes) is 1. The van der Waals surface area contributed by atoms with E-state index in [-0.39, 0.29) is 17.6 Å². The van der Waals surface area contributed by atoms with E-state index >= 15 is 0 Å². The molecule has 212 valence electrons. The summed E-state index contributed by atoms with van der Waals surface area (Å²) in [6, 6.07) is 15.5. The third kappa shape index (κ3) is 5.67. The Morgan fingerprint density at radius 3 is 2.59 bits per heavy atom. The normalized spacial score (nSPS) is 18.7. The lowest BCUT2D eigenvalue weighted by Crippen LogP contribution is -2.41. The maximum absolute atomic E-state index is 14.3. The summed E-state index contributed by atoms with van der Waals surface area (Å²) in [4.78, 5) is 30.8. The highest BCUT2D eigenvalue weighted by atomic mass is 16.6.